The van der Waals surface area contributed by atoms with E-state index in [2.05, 4.69) is 0 Å². The van der Waals surface area contributed by atoms with Gasteiger partial charge in [0.2, 0.25) is 0 Å². The van der Waals surface area contributed by atoms with Gasteiger partial charge >= 0.3 is 12.1 Å². The highest BCUT2D eigenvalue weighted by Gasteiger charge is 2.35. The molecular weight excluding hydrogens is 232 g/mol. The van der Waals surface area contributed by atoms with Crippen molar-refractivity contribution in [2.75, 3.05) is 0 Å². The van der Waals surface area contributed by atoms with Crippen LogP contribution in [0.5, 0.6) is 0 Å². The van der Waals surface area contributed by atoms with E-state index < -0.39 is 34.7 Å². The summed E-state index contributed by atoms with van der Waals surface area (Å²) in [5.41, 5.74) is -3.77. The van der Waals surface area contributed by atoms with Gasteiger partial charge in [-0.2, -0.15) is 13.2 Å². The van der Waals surface area contributed by atoms with Crippen LogP contribution in [0.2, 0.25) is 0 Å². The summed E-state index contributed by atoms with van der Waals surface area (Å²) in [6.07, 6.45) is -5.27. The molecule has 0 aliphatic carbocycles. The largest absolute Gasteiger partial charge is 0.478 e. The standard InChI is InChI=1S/C9H4F4O3/c10-7-4(8(15)16)1-2-6(5(7)3-14)9(11,12)13/h1-3H,(H,15,16). The summed E-state index contributed by atoms with van der Waals surface area (Å²) in [5, 5.41) is 8.44. The number of carboxylic acids is 1. The maximum Gasteiger partial charge on any atom is 0.417 e. The Hall–Kier alpha value is -1.92. The van der Waals surface area contributed by atoms with E-state index in [9.17, 15) is 27.2 Å². The predicted octanol–water partition coefficient (Wildman–Crippen LogP) is 2.36. The van der Waals surface area contributed by atoms with Gasteiger partial charge in [0.1, 0.15) is 5.82 Å². The summed E-state index contributed by atoms with van der Waals surface area (Å²) >= 11 is 0. The normalized spacial score (nSPS) is 11.2. The van der Waals surface area contributed by atoms with E-state index in [1.807, 2.05) is 0 Å². The molecule has 0 unspecified atom stereocenters. The third-order valence-electron chi connectivity index (χ3n) is 1.83. The maximum atomic E-state index is 13.2. The first-order valence-electron chi connectivity index (χ1n) is 3.87. The second-order valence-electron chi connectivity index (χ2n) is 2.81. The quantitative estimate of drug-likeness (QED) is 0.633. The van der Waals surface area contributed by atoms with Gasteiger partial charge < -0.3 is 5.11 Å². The summed E-state index contributed by atoms with van der Waals surface area (Å²) in [4.78, 5) is 20.8. The molecule has 0 fully saturated rings. The molecule has 0 aromatic heterocycles. The van der Waals surface area contributed by atoms with Crippen molar-refractivity contribution in [3.05, 3.63) is 34.6 Å². The van der Waals surface area contributed by atoms with Crippen LogP contribution in [0.4, 0.5) is 17.6 Å². The molecule has 0 aliphatic rings. The van der Waals surface area contributed by atoms with E-state index >= 15 is 0 Å². The molecule has 7 heteroatoms. The topological polar surface area (TPSA) is 54.4 Å². The fraction of sp³-hybridized carbons (Fsp3) is 0.111. The minimum atomic E-state index is -4.91. The molecule has 0 atom stereocenters. The Morgan fingerprint density at radius 2 is 1.88 bits per heavy atom. The van der Waals surface area contributed by atoms with E-state index in [0.717, 1.165) is 0 Å². The summed E-state index contributed by atoms with van der Waals surface area (Å²) < 4.78 is 50.0. The minimum absolute atomic E-state index is 0.357. The molecule has 0 radical (unpaired) electrons. The van der Waals surface area contributed by atoms with E-state index in [1.165, 1.54) is 0 Å². The molecular formula is C9H4F4O3. The number of hydrogen-bond donors (Lipinski definition) is 1. The SMILES string of the molecule is O=Cc1c(C(F)(F)F)ccc(C(=O)O)c1F. The lowest BCUT2D eigenvalue weighted by Gasteiger charge is -2.10. The lowest BCUT2D eigenvalue weighted by molar-refractivity contribution is -0.138. The van der Waals surface area contributed by atoms with Gasteiger partial charge in [-0.3, -0.25) is 4.79 Å². The lowest BCUT2D eigenvalue weighted by Crippen LogP contribution is -2.13. The number of aromatic carboxylic acids is 1. The second kappa shape index (κ2) is 3.92. The average Bonchev–Trinajstić information content (AvgIpc) is 2.15. The molecule has 0 heterocycles. The van der Waals surface area contributed by atoms with Crippen molar-refractivity contribution in [1.29, 1.82) is 0 Å². The minimum Gasteiger partial charge on any atom is -0.478 e. The van der Waals surface area contributed by atoms with Crippen LogP contribution >= 0.6 is 0 Å². The summed E-state index contributed by atoms with van der Waals surface area (Å²) in [7, 11) is 0. The van der Waals surface area contributed by atoms with Gasteiger partial charge in [0.25, 0.3) is 0 Å². The number of carbonyl (C=O) groups is 2. The molecule has 0 saturated carbocycles. The van der Waals surface area contributed by atoms with Crippen LogP contribution in [-0.4, -0.2) is 17.4 Å². The molecule has 0 amide bonds. The Labute approximate surface area is 86.3 Å². The Balaban J connectivity index is 3.53. The lowest BCUT2D eigenvalue weighted by atomic mass is 10.0. The third kappa shape index (κ3) is 2.02. The number of hydrogen-bond acceptors (Lipinski definition) is 2. The van der Waals surface area contributed by atoms with E-state index in [4.69, 9.17) is 5.11 Å². The molecule has 0 saturated heterocycles. The van der Waals surface area contributed by atoms with E-state index in [-0.39, 0.29) is 6.29 Å². The number of alkyl halides is 3. The molecule has 1 aromatic carbocycles. The van der Waals surface area contributed by atoms with Crippen molar-refractivity contribution in [2.45, 2.75) is 6.18 Å². The van der Waals surface area contributed by atoms with Crippen LogP contribution < -0.4 is 0 Å². The first-order chi connectivity index (χ1) is 7.29. The second-order valence-corrected chi connectivity index (χ2v) is 2.81. The fourth-order valence-electron chi connectivity index (χ4n) is 1.12. The average molecular weight is 236 g/mol. The van der Waals surface area contributed by atoms with Crippen molar-refractivity contribution in [3.63, 3.8) is 0 Å². The van der Waals surface area contributed by atoms with Crippen LogP contribution in [0, 0.1) is 5.82 Å². The summed E-state index contributed by atoms with van der Waals surface area (Å²) in [6, 6.07) is 0.823. The third-order valence-corrected chi connectivity index (χ3v) is 1.83. The zero-order valence-corrected chi connectivity index (χ0v) is 7.51. The highest BCUT2D eigenvalue weighted by atomic mass is 19.4. The van der Waals surface area contributed by atoms with Gasteiger partial charge in [-0.05, 0) is 12.1 Å². The van der Waals surface area contributed by atoms with Gasteiger partial charge in [0.05, 0.1) is 16.7 Å². The molecule has 86 valence electrons. The maximum absolute atomic E-state index is 13.2. The number of benzene rings is 1. The zero-order chi connectivity index (χ0) is 12.5. The summed E-state index contributed by atoms with van der Waals surface area (Å²) in [5.74, 6) is -3.42. The Bertz CT molecular complexity index is 451. The predicted molar refractivity (Wildman–Crippen MR) is 43.7 cm³/mol. The van der Waals surface area contributed by atoms with Crippen molar-refractivity contribution in [3.8, 4) is 0 Å². The number of carbonyl (C=O) groups excluding carboxylic acids is 1. The van der Waals surface area contributed by atoms with Gasteiger partial charge in [0, 0.05) is 0 Å². The van der Waals surface area contributed by atoms with Crippen molar-refractivity contribution in [1.82, 2.24) is 0 Å². The molecule has 3 nitrogen and oxygen atoms in total. The smallest absolute Gasteiger partial charge is 0.417 e. The Kier molecular flexibility index (Phi) is 2.97. The van der Waals surface area contributed by atoms with Gasteiger partial charge in [-0.25, -0.2) is 9.18 Å². The molecule has 1 aromatic rings. The fourth-order valence-corrected chi connectivity index (χ4v) is 1.12. The van der Waals surface area contributed by atoms with Crippen molar-refractivity contribution >= 4 is 12.3 Å². The first-order valence-corrected chi connectivity index (χ1v) is 3.87. The molecule has 16 heavy (non-hydrogen) atoms. The highest BCUT2D eigenvalue weighted by molar-refractivity contribution is 5.91. The van der Waals surface area contributed by atoms with E-state index in [1.54, 1.807) is 0 Å². The van der Waals surface area contributed by atoms with Gasteiger partial charge in [-0.1, -0.05) is 0 Å². The zero-order valence-electron chi connectivity index (χ0n) is 7.51. The molecule has 1 rings (SSSR count). The Morgan fingerprint density at radius 1 is 1.31 bits per heavy atom. The number of rotatable bonds is 2. The van der Waals surface area contributed by atoms with Gasteiger partial charge in [-0.15, -0.1) is 0 Å². The monoisotopic (exact) mass is 236 g/mol. The molecule has 0 bridgehead atoms. The first kappa shape index (κ1) is 12.2. The van der Waals surface area contributed by atoms with Crippen molar-refractivity contribution in [2.24, 2.45) is 0 Å². The molecule has 0 spiro atoms. The summed E-state index contributed by atoms with van der Waals surface area (Å²) in [6.45, 7) is 0. The highest BCUT2D eigenvalue weighted by Crippen LogP contribution is 2.33. The van der Waals surface area contributed by atoms with E-state index in [0.29, 0.717) is 12.1 Å². The van der Waals surface area contributed by atoms with Gasteiger partial charge in [0.15, 0.2) is 6.29 Å². The Morgan fingerprint density at radius 3 is 2.25 bits per heavy atom. The van der Waals surface area contributed by atoms with Crippen LogP contribution in [0.3, 0.4) is 0 Å². The van der Waals surface area contributed by atoms with Crippen molar-refractivity contribution < 1.29 is 32.3 Å². The number of halogens is 4. The molecule has 0 aliphatic heterocycles. The number of aldehydes is 1. The van der Waals surface area contributed by atoms with Crippen LogP contribution in [0.1, 0.15) is 26.3 Å². The van der Waals surface area contributed by atoms with Crippen LogP contribution in [0.15, 0.2) is 12.1 Å². The van der Waals surface area contributed by atoms with Crippen LogP contribution in [-0.2, 0) is 6.18 Å². The molecule has 1 N–H and O–H groups in total. The number of carboxylic acid groups (broad SMARTS) is 1. The van der Waals surface area contributed by atoms with Crippen LogP contribution in [0.25, 0.3) is 0 Å².